The molecular formula is C15H18N4O3S2. The van der Waals surface area contributed by atoms with Gasteiger partial charge in [0.2, 0.25) is 16.0 Å². The molecule has 0 spiro atoms. The van der Waals surface area contributed by atoms with Crippen LogP contribution in [0.5, 0.6) is 0 Å². The SMILES string of the molecule is CSCc1c(C(=O)Nc2nc(C)cc(C)n2)cccc1S(N)(=O)=O. The summed E-state index contributed by atoms with van der Waals surface area (Å²) < 4.78 is 23.5. The smallest absolute Gasteiger partial charge is 0.258 e. The van der Waals surface area contributed by atoms with Crippen molar-refractivity contribution in [3.05, 3.63) is 46.8 Å². The van der Waals surface area contributed by atoms with Gasteiger partial charge in [0, 0.05) is 22.7 Å². The molecule has 1 heterocycles. The minimum Gasteiger partial charge on any atom is -0.290 e. The molecule has 0 saturated carbocycles. The van der Waals surface area contributed by atoms with Crippen LogP contribution in [0, 0.1) is 13.8 Å². The largest absolute Gasteiger partial charge is 0.290 e. The number of hydrogen-bond acceptors (Lipinski definition) is 6. The number of carbonyl (C=O) groups excluding carboxylic acids is 1. The van der Waals surface area contributed by atoms with E-state index in [-0.39, 0.29) is 16.4 Å². The Bertz CT molecular complexity index is 862. The van der Waals surface area contributed by atoms with Crippen molar-refractivity contribution >= 4 is 33.6 Å². The average molecular weight is 366 g/mol. The number of hydrogen-bond donors (Lipinski definition) is 2. The Balaban J connectivity index is 2.45. The van der Waals surface area contributed by atoms with Gasteiger partial charge in [0.1, 0.15) is 0 Å². The number of nitrogens with zero attached hydrogens (tertiary/aromatic N) is 2. The van der Waals surface area contributed by atoms with E-state index >= 15 is 0 Å². The first-order chi connectivity index (χ1) is 11.2. The van der Waals surface area contributed by atoms with E-state index in [1.54, 1.807) is 26.0 Å². The molecule has 0 unspecified atom stereocenters. The Morgan fingerprint density at radius 3 is 2.42 bits per heavy atom. The summed E-state index contributed by atoms with van der Waals surface area (Å²) in [6.07, 6.45) is 1.81. The molecule has 0 aliphatic rings. The number of rotatable bonds is 5. The van der Waals surface area contributed by atoms with E-state index < -0.39 is 15.9 Å². The Kier molecular flexibility index (Phi) is 5.58. The van der Waals surface area contributed by atoms with Gasteiger partial charge in [-0.25, -0.2) is 23.5 Å². The number of amides is 1. The summed E-state index contributed by atoms with van der Waals surface area (Å²) in [5, 5.41) is 7.87. The number of carbonyl (C=O) groups is 1. The van der Waals surface area contributed by atoms with Crippen molar-refractivity contribution in [2.75, 3.05) is 11.6 Å². The van der Waals surface area contributed by atoms with Gasteiger partial charge in [0.25, 0.3) is 5.91 Å². The van der Waals surface area contributed by atoms with Gasteiger partial charge in [0.05, 0.1) is 4.90 Å². The summed E-state index contributed by atoms with van der Waals surface area (Å²) in [6.45, 7) is 3.59. The van der Waals surface area contributed by atoms with Crippen LogP contribution in [0.3, 0.4) is 0 Å². The molecular weight excluding hydrogens is 348 g/mol. The van der Waals surface area contributed by atoms with E-state index in [0.717, 1.165) is 11.4 Å². The molecule has 3 N–H and O–H groups in total. The summed E-state index contributed by atoms with van der Waals surface area (Å²) >= 11 is 1.40. The number of sulfonamides is 1. The van der Waals surface area contributed by atoms with Gasteiger partial charge in [-0.3, -0.25) is 10.1 Å². The monoisotopic (exact) mass is 366 g/mol. The van der Waals surface area contributed by atoms with Crippen molar-refractivity contribution in [3.63, 3.8) is 0 Å². The molecule has 1 aromatic heterocycles. The van der Waals surface area contributed by atoms with Crippen molar-refractivity contribution in [2.24, 2.45) is 5.14 Å². The fraction of sp³-hybridized carbons (Fsp3) is 0.267. The van der Waals surface area contributed by atoms with Gasteiger partial charge in [-0.1, -0.05) is 6.07 Å². The zero-order valence-corrected chi connectivity index (χ0v) is 15.2. The number of anilines is 1. The molecule has 1 amide bonds. The first-order valence-electron chi connectivity index (χ1n) is 6.99. The predicted octanol–water partition coefficient (Wildman–Crippen LogP) is 1.86. The first-order valence-corrected chi connectivity index (χ1v) is 9.93. The Hall–Kier alpha value is -1.97. The molecule has 128 valence electrons. The minimum atomic E-state index is -3.92. The molecule has 0 atom stereocenters. The molecule has 1 aromatic carbocycles. The molecule has 7 nitrogen and oxygen atoms in total. The van der Waals surface area contributed by atoms with Crippen molar-refractivity contribution in [3.8, 4) is 0 Å². The van der Waals surface area contributed by atoms with E-state index in [2.05, 4.69) is 15.3 Å². The lowest BCUT2D eigenvalue weighted by Crippen LogP contribution is -2.20. The second kappa shape index (κ2) is 7.29. The lowest BCUT2D eigenvalue weighted by molar-refractivity contribution is 0.102. The maximum Gasteiger partial charge on any atom is 0.258 e. The number of primary sulfonamides is 1. The number of nitrogens with two attached hydrogens (primary N) is 1. The van der Waals surface area contributed by atoms with Gasteiger partial charge in [-0.05, 0) is 43.9 Å². The normalized spacial score (nSPS) is 11.3. The maximum atomic E-state index is 12.6. The standard InChI is InChI=1S/C15H18N4O3S2/c1-9-7-10(2)18-15(17-9)19-14(20)11-5-4-6-13(24(16,21)22)12(11)8-23-3/h4-7H,8H2,1-3H3,(H2,16,21,22)(H,17,18,19,20). The summed E-state index contributed by atoms with van der Waals surface area (Å²) in [4.78, 5) is 20.8. The van der Waals surface area contributed by atoms with Crippen LogP contribution in [-0.4, -0.2) is 30.5 Å². The second-order valence-electron chi connectivity index (χ2n) is 5.19. The van der Waals surface area contributed by atoms with Crippen LogP contribution in [0.1, 0.15) is 27.3 Å². The van der Waals surface area contributed by atoms with Gasteiger partial charge >= 0.3 is 0 Å². The highest BCUT2D eigenvalue weighted by molar-refractivity contribution is 7.97. The summed E-state index contributed by atoms with van der Waals surface area (Å²) in [6, 6.07) is 6.22. The lowest BCUT2D eigenvalue weighted by Gasteiger charge is -2.13. The van der Waals surface area contributed by atoms with Crippen LogP contribution < -0.4 is 10.5 Å². The fourth-order valence-corrected chi connectivity index (χ4v) is 3.77. The van der Waals surface area contributed by atoms with Crippen molar-refractivity contribution in [1.82, 2.24) is 9.97 Å². The first kappa shape index (κ1) is 18.4. The lowest BCUT2D eigenvalue weighted by atomic mass is 10.1. The van der Waals surface area contributed by atoms with Crippen LogP contribution in [-0.2, 0) is 15.8 Å². The average Bonchev–Trinajstić information content (AvgIpc) is 2.45. The van der Waals surface area contributed by atoms with Gasteiger partial charge in [-0.15, -0.1) is 0 Å². The van der Waals surface area contributed by atoms with Crippen LogP contribution in [0.15, 0.2) is 29.2 Å². The zero-order chi connectivity index (χ0) is 17.9. The third kappa shape index (κ3) is 4.31. The van der Waals surface area contributed by atoms with E-state index in [4.69, 9.17) is 5.14 Å². The Morgan fingerprint density at radius 1 is 1.25 bits per heavy atom. The molecule has 0 aliphatic carbocycles. The minimum absolute atomic E-state index is 0.0501. The molecule has 0 saturated heterocycles. The summed E-state index contributed by atoms with van der Waals surface area (Å²) in [5.41, 5.74) is 2.05. The predicted molar refractivity (Wildman–Crippen MR) is 94.5 cm³/mol. The van der Waals surface area contributed by atoms with E-state index in [0.29, 0.717) is 11.3 Å². The number of aromatic nitrogens is 2. The Labute approximate surface area is 145 Å². The Morgan fingerprint density at radius 2 is 1.88 bits per heavy atom. The molecule has 24 heavy (non-hydrogen) atoms. The maximum absolute atomic E-state index is 12.6. The second-order valence-corrected chi connectivity index (χ2v) is 7.58. The fourth-order valence-electron chi connectivity index (χ4n) is 2.29. The number of aryl methyl sites for hydroxylation is 2. The third-order valence-electron chi connectivity index (χ3n) is 3.18. The highest BCUT2D eigenvalue weighted by Gasteiger charge is 2.21. The quantitative estimate of drug-likeness (QED) is 0.834. The van der Waals surface area contributed by atoms with E-state index in [1.807, 2.05) is 6.26 Å². The molecule has 2 aromatic rings. The van der Waals surface area contributed by atoms with E-state index in [9.17, 15) is 13.2 Å². The van der Waals surface area contributed by atoms with Gasteiger partial charge < -0.3 is 0 Å². The van der Waals surface area contributed by atoms with Gasteiger partial charge in [-0.2, -0.15) is 11.8 Å². The molecule has 0 fully saturated rings. The van der Waals surface area contributed by atoms with Crippen molar-refractivity contribution < 1.29 is 13.2 Å². The van der Waals surface area contributed by atoms with Crippen LogP contribution in [0.25, 0.3) is 0 Å². The van der Waals surface area contributed by atoms with Gasteiger partial charge in [0.15, 0.2) is 0 Å². The highest BCUT2D eigenvalue weighted by atomic mass is 32.2. The number of benzene rings is 1. The van der Waals surface area contributed by atoms with Crippen LogP contribution in [0.2, 0.25) is 0 Å². The topological polar surface area (TPSA) is 115 Å². The van der Waals surface area contributed by atoms with E-state index in [1.165, 1.54) is 23.9 Å². The molecule has 0 bridgehead atoms. The number of thioether (sulfide) groups is 1. The third-order valence-corrected chi connectivity index (χ3v) is 4.75. The number of nitrogens with one attached hydrogen (secondary N) is 1. The molecule has 9 heteroatoms. The van der Waals surface area contributed by atoms with Crippen LogP contribution in [0.4, 0.5) is 5.95 Å². The summed E-state index contributed by atoms with van der Waals surface area (Å²) in [7, 11) is -3.92. The van der Waals surface area contributed by atoms with Crippen LogP contribution >= 0.6 is 11.8 Å². The van der Waals surface area contributed by atoms with Crippen molar-refractivity contribution in [1.29, 1.82) is 0 Å². The highest BCUT2D eigenvalue weighted by Crippen LogP contribution is 2.23. The molecule has 2 rings (SSSR count). The van der Waals surface area contributed by atoms with Crippen molar-refractivity contribution in [2.45, 2.75) is 24.5 Å². The molecule has 0 aliphatic heterocycles. The zero-order valence-electron chi connectivity index (χ0n) is 13.5. The molecule has 0 radical (unpaired) electrons. The summed E-state index contributed by atoms with van der Waals surface area (Å²) in [5.74, 6) is 0.0337.